The van der Waals surface area contributed by atoms with E-state index in [0.717, 1.165) is 18.5 Å². The number of fused-ring (bicyclic) bond motifs is 1. The lowest BCUT2D eigenvalue weighted by atomic mass is 9.62. The van der Waals surface area contributed by atoms with Gasteiger partial charge in [0.2, 0.25) is 5.65 Å². The van der Waals surface area contributed by atoms with Gasteiger partial charge in [-0.25, -0.2) is 4.57 Å². The normalized spacial score (nSPS) is 24.9. The second-order valence-corrected chi connectivity index (χ2v) is 8.55. The van der Waals surface area contributed by atoms with Crippen LogP contribution < -0.4 is 4.40 Å². The van der Waals surface area contributed by atoms with Crippen LogP contribution in [0.2, 0.25) is 0 Å². The van der Waals surface area contributed by atoms with Crippen molar-refractivity contribution in [3.63, 3.8) is 0 Å². The first-order valence-electron chi connectivity index (χ1n) is 10.0. The molecule has 1 aliphatic rings. The number of hydrogen-bond donors (Lipinski definition) is 0. The summed E-state index contributed by atoms with van der Waals surface area (Å²) >= 11 is 0. The van der Waals surface area contributed by atoms with E-state index in [-0.39, 0.29) is 11.0 Å². The Kier molecular flexibility index (Phi) is 2.61. The molecule has 6 rings (SSSR count). The first-order chi connectivity index (χ1) is 13.0. The lowest BCUT2D eigenvalue weighted by Gasteiger charge is -2.48. The van der Waals surface area contributed by atoms with E-state index in [9.17, 15) is 0 Å². The minimum atomic E-state index is -0.00236. The van der Waals surface area contributed by atoms with Gasteiger partial charge in [-0.15, -0.1) is 4.98 Å². The van der Waals surface area contributed by atoms with E-state index in [1.807, 2.05) is 6.20 Å². The molecule has 3 nitrogen and oxygen atoms in total. The van der Waals surface area contributed by atoms with Gasteiger partial charge in [0.1, 0.15) is 11.7 Å². The molecule has 4 heterocycles. The molecular weight excluding hydrogens is 330 g/mol. The van der Waals surface area contributed by atoms with Gasteiger partial charge >= 0.3 is 0 Å². The molecule has 5 aromatic rings. The maximum atomic E-state index is 4.81. The molecule has 27 heavy (non-hydrogen) atoms. The number of rotatable bonds is 2. The minimum absolute atomic E-state index is 0.00236. The Bertz CT molecular complexity index is 1380. The van der Waals surface area contributed by atoms with Crippen LogP contribution in [0.4, 0.5) is 0 Å². The van der Waals surface area contributed by atoms with E-state index < -0.39 is 0 Å². The van der Waals surface area contributed by atoms with E-state index >= 15 is 0 Å². The van der Waals surface area contributed by atoms with Crippen molar-refractivity contribution in [1.29, 1.82) is 0 Å². The fraction of sp³-hybridized carbons (Fsp3) is 0.333. The maximum absolute atomic E-state index is 4.81. The summed E-state index contributed by atoms with van der Waals surface area (Å²) in [4.78, 5) is 4.81. The summed E-state index contributed by atoms with van der Waals surface area (Å²) in [6.07, 6.45) is 4.22. The van der Waals surface area contributed by atoms with Crippen LogP contribution in [0.25, 0.3) is 38.5 Å². The molecule has 0 spiro atoms. The largest absolute Gasteiger partial charge is 0.268 e. The quantitative estimate of drug-likeness (QED) is 0.239. The van der Waals surface area contributed by atoms with Gasteiger partial charge in [-0.3, -0.25) is 0 Å². The van der Waals surface area contributed by atoms with Crippen molar-refractivity contribution >= 4 is 38.5 Å². The van der Waals surface area contributed by atoms with Crippen LogP contribution in [0, 0.1) is 0 Å². The molecule has 0 fully saturated rings. The molecule has 0 saturated heterocycles. The number of hydrogen-bond acceptors (Lipinski definition) is 1. The minimum Gasteiger partial charge on any atom is -0.249 e. The topological polar surface area (TPSA) is 21.9 Å². The van der Waals surface area contributed by atoms with Gasteiger partial charge < -0.3 is 0 Å². The molecular formula is C24H24N3+. The summed E-state index contributed by atoms with van der Waals surface area (Å²) in [7, 11) is 0. The molecule has 3 aromatic heterocycles. The van der Waals surface area contributed by atoms with Gasteiger partial charge in [-0.1, -0.05) is 45.0 Å². The summed E-state index contributed by atoms with van der Waals surface area (Å²) in [6, 6.07) is 15.7. The van der Waals surface area contributed by atoms with Gasteiger partial charge in [-0.05, 0) is 42.8 Å². The lowest BCUT2D eigenvalue weighted by molar-refractivity contribution is -0.453. The van der Waals surface area contributed by atoms with Crippen molar-refractivity contribution < 1.29 is 4.40 Å². The SMILES string of the molecule is CCC1(C)c2cccc3cc4ncc5cccc6c5[n+]4c(c23)n6C1(C)CC. The van der Waals surface area contributed by atoms with Gasteiger partial charge in [0.15, 0.2) is 5.52 Å². The van der Waals surface area contributed by atoms with Crippen LogP contribution in [0.15, 0.2) is 48.7 Å². The van der Waals surface area contributed by atoms with Crippen LogP contribution in [-0.2, 0) is 11.0 Å². The fourth-order valence-electron chi connectivity index (χ4n) is 5.83. The van der Waals surface area contributed by atoms with Crippen LogP contribution in [0.3, 0.4) is 0 Å². The Morgan fingerprint density at radius 3 is 2.56 bits per heavy atom. The standard InChI is InChI=1S/C24H24N3/c1-5-23(3)17-11-7-9-15-13-19-25-14-16-10-8-12-18-21(16)26(19)22(20(15)17)27(18)24(23,4)6-2/h7-14H,5-6H2,1-4H3/q+1. The highest BCUT2D eigenvalue weighted by Gasteiger charge is 2.53. The molecule has 3 heteroatoms. The average molecular weight is 354 g/mol. The summed E-state index contributed by atoms with van der Waals surface area (Å²) in [5.41, 5.74) is 6.53. The zero-order chi connectivity index (χ0) is 18.6. The number of aromatic nitrogens is 3. The highest BCUT2D eigenvalue weighted by atomic mass is 15.2. The van der Waals surface area contributed by atoms with Crippen molar-refractivity contribution in [3.8, 4) is 0 Å². The Labute approximate surface area is 158 Å². The molecule has 0 aliphatic carbocycles. The fourth-order valence-corrected chi connectivity index (χ4v) is 5.83. The van der Waals surface area contributed by atoms with Crippen LogP contribution in [0.1, 0.15) is 46.1 Å². The maximum Gasteiger partial charge on any atom is 0.268 e. The molecule has 0 bridgehead atoms. The second kappa shape index (κ2) is 4.59. The van der Waals surface area contributed by atoms with Crippen LogP contribution >= 0.6 is 0 Å². The predicted molar refractivity (Wildman–Crippen MR) is 111 cm³/mol. The van der Waals surface area contributed by atoms with Crippen LogP contribution in [0.5, 0.6) is 0 Å². The lowest BCUT2D eigenvalue weighted by Crippen LogP contribution is -2.51. The van der Waals surface area contributed by atoms with Gasteiger partial charge in [0, 0.05) is 11.5 Å². The van der Waals surface area contributed by atoms with Gasteiger partial charge in [-0.2, -0.15) is 4.40 Å². The number of pyridine rings is 1. The van der Waals surface area contributed by atoms with E-state index in [1.165, 1.54) is 38.4 Å². The number of nitrogens with zero attached hydrogens (tertiary/aromatic N) is 3. The van der Waals surface area contributed by atoms with E-state index in [2.05, 4.69) is 79.1 Å². The molecule has 2 unspecified atom stereocenters. The van der Waals surface area contributed by atoms with E-state index in [4.69, 9.17) is 4.98 Å². The van der Waals surface area contributed by atoms with Crippen molar-refractivity contribution in [2.75, 3.05) is 0 Å². The Morgan fingerprint density at radius 1 is 1.00 bits per heavy atom. The molecule has 0 radical (unpaired) electrons. The summed E-state index contributed by atoms with van der Waals surface area (Å²) in [6.45, 7) is 9.60. The molecule has 0 N–H and O–H groups in total. The summed E-state index contributed by atoms with van der Waals surface area (Å²) < 4.78 is 5.04. The smallest absolute Gasteiger partial charge is 0.249 e. The average Bonchev–Trinajstić information content (AvgIpc) is 3.07. The van der Waals surface area contributed by atoms with E-state index in [1.54, 1.807) is 0 Å². The number of para-hydroxylation sites is 1. The summed E-state index contributed by atoms with van der Waals surface area (Å²) in [5, 5.41) is 3.91. The zero-order valence-electron chi connectivity index (χ0n) is 16.4. The van der Waals surface area contributed by atoms with Gasteiger partial charge in [0.05, 0.1) is 16.3 Å². The number of imidazole rings is 1. The van der Waals surface area contributed by atoms with Crippen molar-refractivity contribution in [2.24, 2.45) is 0 Å². The molecule has 0 saturated carbocycles. The monoisotopic (exact) mass is 354 g/mol. The summed E-state index contributed by atoms with van der Waals surface area (Å²) in [5.74, 6) is 0. The second-order valence-electron chi connectivity index (χ2n) is 8.55. The predicted octanol–water partition coefficient (Wildman–Crippen LogP) is 5.33. The van der Waals surface area contributed by atoms with E-state index in [0.29, 0.717) is 0 Å². The van der Waals surface area contributed by atoms with Crippen molar-refractivity contribution in [1.82, 2.24) is 9.55 Å². The van der Waals surface area contributed by atoms with Gasteiger partial charge in [0.25, 0.3) is 5.65 Å². The highest BCUT2D eigenvalue weighted by molar-refractivity contribution is 6.03. The molecule has 2 aromatic carbocycles. The first kappa shape index (κ1) is 15.4. The zero-order valence-corrected chi connectivity index (χ0v) is 16.4. The third kappa shape index (κ3) is 1.46. The first-order valence-corrected chi connectivity index (χ1v) is 10.0. The molecule has 134 valence electrons. The molecule has 0 amide bonds. The third-order valence-corrected chi connectivity index (χ3v) is 7.78. The Hall–Kier alpha value is -2.68. The highest BCUT2D eigenvalue weighted by Crippen LogP contribution is 2.53. The molecule has 1 aliphatic heterocycles. The Balaban J connectivity index is 2.06. The third-order valence-electron chi connectivity index (χ3n) is 7.78. The number of benzene rings is 2. The Morgan fingerprint density at radius 2 is 1.78 bits per heavy atom. The van der Waals surface area contributed by atoms with Crippen molar-refractivity contribution in [3.05, 3.63) is 54.2 Å². The van der Waals surface area contributed by atoms with Crippen LogP contribution in [-0.4, -0.2) is 9.55 Å². The molecule has 2 atom stereocenters. The van der Waals surface area contributed by atoms with Crippen molar-refractivity contribution in [2.45, 2.75) is 51.5 Å².